The molecule has 27 heavy (non-hydrogen) atoms. The molecule has 0 radical (unpaired) electrons. The fourth-order valence-corrected chi connectivity index (χ4v) is 5.33. The van der Waals surface area contributed by atoms with Crippen LogP contribution in [0.15, 0.2) is 18.2 Å². The number of halogens is 1. The Balaban J connectivity index is 1.42. The van der Waals surface area contributed by atoms with Crippen LogP contribution in [0, 0.1) is 17.1 Å². The maximum Gasteiger partial charge on any atom is 0.226 e. The Bertz CT molecular complexity index is 915. The predicted molar refractivity (Wildman–Crippen MR) is 106 cm³/mol. The number of carbonyl (C=O) groups is 1. The van der Waals surface area contributed by atoms with Crippen molar-refractivity contribution in [3.63, 3.8) is 0 Å². The minimum atomic E-state index is -0.209. The average Bonchev–Trinajstić information content (AvgIpc) is 3.02. The van der Waals surface area contributed by atoms with Crippen molar-refractivity contribution in [1.82, 2.24) is 0 Å². The van der Waals surface area contributed by atoms with Gasteiger partial charge in [0, 0.05) is 30.1 Å². The van der Waals surface area contributed by atoms with Crippen LogP contribution in [0.3, 0.4) is 0 Å². The van der Waals surface area contributed by atoms with E-state index in [2.05, 4.69) is 16.3 Å². The summed E-state index contributed by atoms with van der Waals surface area (Å²) in [5.74, 6) is -0.279. The second kappa shape index (κ2) is 7.69. The lowest BCUT2D eigenvalue weighted by Gasteiger charge is -2.31. The molecule has 1 N–H and O–H groups in total. The molecule has 1 amide bonds. The molecule has 2 aliphatic rings. The van der Waals surface area contributed by atoms with Crippen LogP contribution >= 0.6 is 11.3 Å². The third kappa shape index (κ3) is 3.70. The van der Waals surface area contributed by atoms with E-state index >= 15 is 0 Å². The normalized spacial score (nSPS) is 15.6. The van der Waals surface area contributed by atoms with Crippen LogP contribution in [-0.4, -0.2) is 19.0 Å². The third-order valence-corrected chi connectivity index (χ3v) is 6.61. The summed E-state index contributed by atoms with van der Waals surface area (Å²) in [4.78, 5) is 15.9. The number of fused-ring (bicyclic) bond motifs is 2. The van der Waals surface area contributed by atoms with E-state index in [0.717, 1.165) is 61.9 Å². The van der Waals surface area contributed by atoms with Crippen LogP contribution in [0.2, 0.25) is 0 Å². The smallest absolute Gasteiger partial charge is 0.226 e. The minimum Gasteiger partial charge on any atom is -0.371 e. The molecule has 1 aromatic heterocycles. The largest absolute Gasteiger partial charge is 0.371 e. The van der Waals surface area contributed by atoms with Gasteiger partial charge < -0.3 is 10.2 Å². The molecule has 0 fully saturated rings. The van der Waals surface area contributed by atoms with Crippen molar-refractivity contribution in [3.05, 3.63) is 45.6 Å². The van der Waals surface area contributed by atoms with Crippen molar-refractivity contribution in [2.45, 2.75) is 44.9 Å². The average molecular weight is 383 g/mol. The number of thiophene rings is 1. The van der Waals surface area contributed by atoms with Crippen molar-refractivity contribution >= 4 is 27.9 Å². The van der Waals surface area contributed by atoms with Gasteiger partial charge in [-0.3, -0.25) is 4.79 Å². The number of rotatable bonds is 4. The number of aryl methyl sites for hydroxylation is 2. The van der Waals surface area contributed by atoms with E-state index < -0.39 is 0 Å². The molecular formula is C21H22FN3OS. The maximum atomic E-state index is 13.4. The molecular weight excluding hydrogens is 361 g/mol. The lowest BCUT2D eigenvalue weighted by molar-refractivity contribution is -0.116. The van der Waals surface area contributed by atoms with Gasteiger partial charge in [0.15, 0.2) is 0 Å². The number of carbonyl (C=O) groups excluding carboxylic acids is 1. The highest BCUT2D eigenvalue weighted by Crippen LogP contribution is 2.37. The van der Waals surface area contributed by atoms with E-state index in [0.29, 0.717) is 23.5 Å². The maximum absolute atomic E-state index is 13.4. The number of nitrogens with one attached hydrogen (secondary N) is 1. The zero-order valence-corrected chi connectivity index (χ0v) is 16.0. The van der Waals surface area contributed by atoms with E-state index in [1.54, 1.807) is 17.4 Å². The summed E-state index contributed by atoms with van der Waals surface area (Å²) >= 11 is 1.56. The molecule has 2 aromatic rings. The topological polar surface area (TPSA) is 56.1 Å². The summed E-state index contributed by atoms with van der Waals surface area (Å²) in [7, 11) is 0. The van der Waals surface area contributed by atoms with Crippen molar-refractivity contribution in [3.8, 4) is 6.07 Å². The Morgan fingerprint density at radius 3 is 2.96 bits per heavy atom. The fraction of sp³-hybridized carbons (Fsp3) is 0.429. The van der Waals surface area contributed by atoms with Gasteiger partial charge in [-0.25, -0.2) is 4.39 Å². The van der Waals surface area contributed by atoms with Crippen LogP contribution in [0.1, 0.15) is 47.3 Å². The molecule has 0 spiro atoms. The van der Waals surface area contributed by atoms with Gasteiger partial charge in [0.2, 0.25) is 5.91 Å². The molecule has 4 rings (SSSR count). The van der Waals surface area contributed by atoms with E-state index in [-0.39, 0.29) is 11.7 Å². The van der Waals surface area contributed by atoms with Gasteiger partial charge in [-0.15, -0.1) is 11.3 Å². The molecule has 0 saturated carbocycles. The summed E-state index contributed by atoms with van der Waals surface area (Å²) in [6, 6.07) is 7.16. The Labute approximate surface area is 162 Å². The third-order valence-electron chi connectivity index (χ3n) is 5.40. The number of nitrogens with zero attached hydrogens (tertiary/aromatic N) is 2. The zero-order valence-electron chi connectivity index (χ0n) is 15.2. The molecule has 0 unspecified atom stereocenters. The van der Waals surface area contributed by atoms with Gasteiger partial charge in [0.05, 0.1) is 5.56 Å². The van der Waals surface area contributed by atoms with Crippen LogP contribution in [0.4, 0.5) is 15.1 Å². The molecule has 140 valence electrons. The summed E-state index contributed by atoms with van der Waals surface area (Å²) in [6.07, 6.45) is 6.40. The van der Waals surface area contributed by atoms with E-state index in [9.17, 15) is 14.4 Å². The highest BCUT2D eigenvalue weighted by molar-refractivity contribution is 7.16. The lowest BCUT2D eigenvalue weighted by Crippen LogP contribution is -2.32. The van der Waals surface area contributed by atoms with Gasteiger partial charge >= 0.3 is 0 Å². The molecule has 1 aromatic carbocycles. The molecule has 2 heterocycles. The Kier molecular flexibility index (Phi) is 5.13. The van der Waals surface area contributed by atoms with E-state index in [1.165, 1.54) is 10.9 Å². The van der Waals surface area contributed by atoms with Crippen LogP contribution in [-0.2, 0) is 24.1 Å². The molecule has 0 saturated heterocycles. The Morgan fingerprint density at radius 2 is 2.11 bits per heavy atom. The zero-order chi connectivity index (χ0) is 18.8. The van der Waals surface area contributed by atoms with Crippen molar-refractivity contribution in [1.29, 1.82) is 5.26 Å². The molecule has 4 nitrogen and oxygen atoms in total. The number of hydrogen-bond donors (Lipinski definition) is 1. The van der Waals surface area contributed by atoms with Crippen LogP contribution < -0.4 is 10.2 Å². The molecule has 0 atom stereocenters. The second-order valence-corrected chi connectivity index (χ2v) is 8.29. The first-order valence-electron chi connectivity index (χ1n) is 9.53. The number of nitriles is 1. The highest BCUT2D eigenvalue weighted by atomic mass is 32.1. The highest BCUT2D eigenvalue weighted by Gasteiger charge is 2.22. The number of amides is 1. The summed E-state index contributed by atoms with van der Waals surface area (Å²) < 4.78 is 13.4. The van der Waals surface area contributed by atoms with Crippen molar-refractivity contribution in [2.24, 2.45) is 0 Å². The van der Waals surface area contributed by atoms with Gasteiger partial charge in [-0.1, -0.05) is 0 Å². The first-order valence-corrected chi connectivity index (χ1v) is 10.3. The van der Waals surface area contributed by atoms with E-state index in [1.807, 2.05) is 6.07 Å². The first-order chi connectivity index (χ1) is 13.2. The standard InChI is InChI=1S/C21H22FN3OS/c22-15-7-8-18-14(12-15)4-3-10-25(18)11-9-20(26)24-21-17(13-23)16-5-1-2-6-19(16)27-21/h7-8,12H,1-6,9-11H2,(H,24,26). The van der Waals surface area contributed by atoms with Gasteiger partial charge in [-0.2, -0.15) is 5.26 Å². The van der Waals surface area contributed by atoms with Gasteiger partial charge in [-0.05, 0) is 67.9 Å². The van der Waals surface area contributed by atoms with Crippen LogP contribution in [0.5, 0.6) is 0 Å². The van der Waals surface area contributed by atoms with Crippen molar-refractivity contribution in [2.75, 3.05) is 23.3 Å². The monoisotopic (exact) mass is 383 g/mol. The predicted octanol–water partition coefficient (Wildman–Crippen LogP) is 4.42. The molecule has 6 heteroatoms. The number of hydrogen-bond acceptors (Lipinski definition) is 4. The van der Waals surface area contributed by atoms with Crippen LogP contribution in [0.25, 0.3) is 0 Å². The minimum absolute atomic E-state index is 0.0701. The first kappa shape index (κ1) is 18.0. The second-order valence-electron chi connectivity index (χ2n) is 7.19. The summed E-state index contributed by atoms with van der Waals surface area (Å²) in [6.45, 7) is 1.47. The van der Waals surface area contributed by atoms with Gasteiger partial charge in [0.25, 0.3) is 0 Å². The summed E-state index contributed by atoms with van der Waals surface area (Å²) in [5, 5.41) is 13.2. The SMILES string of the molecule is N#Cc1c(NC(=O)CCN2CCCc3cc(F)ccc32)sc2c1CCCC2. The Morgan fingerprint density at radius 1 is 1.26 bits per heavy atom. The molecule has 1 aliphatic heterocycles. The molecule has 0 bridgehead atoms. The lowest BCUT2D eigenvalue weighted by atomic mass is 9.96. The van der Waals surface area contributed by atoms with Crippen molar-refractivity contribution < 1.29 is 9.18 Å². The number of anilines is 2. The Hall–Kier alpha value is -2.39. The quantitative estimate of drug-likeness (QED) is 0.850. The fourth-order valence-electron chi connectivity index (χ4n) is 4.07. The van der Waals surface area contributed by atoms with Gasteiger partial charge in [0.1, 0.15) is 16.9 Å². The summed E-state index contributed by atoms with van der Waals surface area (Å²) in [5.41, 5.74) is 3.83. The number of benzene rings is 1. The van der Waals surface area contributed by atoms with E-state index in [4.69, 9.17) is 0 Å². The molecule has 1 aliphatic carbocycles.